The summed E-state index contributed by atoms with van der Waals surface area (Å²) in [6.45, 7) is 5.80. The molecule has 5 heteroatoms. The zero-order valence-electron chi connectivity index (χ0n) is 15.4. The SMILES string of the molecule is CCc1ccc(NC(=O)c2cccc(C(=O)N3CCC(C)CC3)n2)cc1. The summed E-state index contributed by atoms with van der Waals surface area (Å²) < 4.78 is 0. The number of carbonyl (C=O) groups excluding carboxylic acids is 2. The molecule has 0 radical (unpaired) electrons. The van der Waals surface area contributed by atoms with Gasteiger partial charge >= 0.3 is 0 Å². The summed E-state index contributed by atoms with van der Waals surface area (Å²) in [6, 6.07) is 12.7. The lowest BCUT2D eigenvalue weighted by Gasteiger charge is -2.30. The van der Waals surface area contributed by atoms with Crippen LogP contribution in [0.25, 0.3) is 0 Å². The summed E-state index contributed by atoms with van der Waals surface area (Å²) >= 11 is 0. The Morgan fingerprint density at radius 1 is 1.08 bits per heavy atom. The van der Waals surface area contributed by atoms with Crippen LogP contribution in [0.5, 0.6) is 0 Å². The number of carbonyl (C=O) groups is 2. The van der Waals surface area contributed by atoms with Gasteiger partial charge in [-0.05, 0) is 55.0 Å². The van der Waals surface area contributed by atoms with Crippen molar-refractivity contribution < 1.29 is 9.59 Å². The third-order valence-electron chi connectivity index (χ3n) is 4.89. The number of hydrogen-bond acceptors (Lipinski definition) is 3. The second-order valence-corrected chi connectivity index (χ2v) is 6.89. The minimum absolute atomic E-state index is 0.0983. The molecule has 1 aliphatic heterocycles. The van der Waals surface area contributed by atoms with E-state index in [1.54, 1.807) is 18.2 Å². The topological polar surface area (TPSA) is 62.3 Å². The van der Waals surface area contributed by atoms with Gasteiger partial charge in [0.1, 0.15) is 11.4 Å². The molecule has 136 valence electrons. The normalized spacial score (nSPS) is 14.9. The summed E-state index contributed by atoms with van der Waals surface area (Å²) in [6.07, 6.45) is 2.98. The predicted octanol–water partition coefficient (Wildman–Crippen LogP) is 3.77. The lowest BCUT2D eigenvalue weighted by Crippen LogP contribution is -2.38. The Morgan fingerprint density at radius 3 is 2.38 bits per heavy atom. The van der Waals surface area contributed by atoms with Crippen LogP contribution in [0.3, 0.4) is 0 Å². The van der Waals surface area contributed by atoms with Crippen molar-refractivity contribution >= 4 is 17.5 Å². The molecular weight excluding hydrogens is 326 g/mol. The Bertz CT molecular complexity index is 778. The van der Waals surface area contributed by atoms with E-state index in [1.807, 2.05) is 29.2 Å². The van der Waals surface area contributed by atoms with Crippen LogP contribution in [0.4, 0.5) is 5.69 Å². The van der Waals surface area contributed by atoms with E-state index >= 15 is 0 Å². The molecule has 3 rings (SSSR count). The van der Waals surface area contributed by atoms with Crippen LogP contribution in [0.15, 0.2) is 42.5 Å². The van der Waals surface area contributed by atoms with Crippen molar-refractivity contribution in [2.75, 3.05) is 18.4 Å². The van der Waals surface area contributed by atoms with E-state index in [0.29, 0.717) is 11.6 Å². The third kappa shape index (κ3) is 4.28. The number of anilines is 1. The molecule has 0 aliphatic carbocycles. The van der Waals surface area contributed by atoms with Gasteiger partial charge in [-0.2, -0.15) is 0 Å². The Balaban J connectivity index is 1.69. The first-order chi connectivity index (χ1) is 12.6. The molecule has 0 saturated carbocycles. The van der Waals surface area contributed by atoms with E-state index in [4.69, 9.17) is 0 Å². The van der Waals surface area contributed by atoms with Crippen molar-refractivity contribution in [2.24, 2.45) is 5.92 Å². The Hall–Kier alpha value is -2.69. The highest BCUT2D eigenvalue weighted by Gasteiger charge is 2.23. The van der Waals surface area contributed by atoms with E-state index in [1.165, 1.54) is 5.56 Å². The first-order valence-corrected chi connectivity index (χ1v) is 9.23. The molecule has 26 heavy (non-hydrogen) atoms. The fraction of sp³-hybridized carbons (Fsp3) is 0.381. The molecule has 1 N–H and O–H groups in total. The van der Waals surface area contributed by atoms with Gasteiger partial charge in [0.2, 0.25) is 0 Å². The van der Waals surface area contributed by atoms with Gasteiger partial charge in [0.15, 0.2) is 0 Å². The molecule has 5 nitrogen and oxygen atoms in total. The highest BCUT2D eigenvalue weighted by molar-refractivity contribution is 6.03. The van der Waals surface area contributed by atoms with Crippen LogP contribution in [-0.2, 0) is 6.42 Å². The average Bonchev–Trinajstić information content (AvgIpc) is 2.68. The number of aromatic nitrogens is 1. The molecule has 0 bridgehead atoms. The minimum atomic E-state index is -0.309. The average molecular weight is 351 g/mol. The molecule has 1 aromatic heterocycles. The number of hydrogen-bond donors (Lipinski definition) is 1. The first kappa shape index (κ1) is 18.1. The molecule has 1 aliphatic rings. The molecule has 0 unspecified atom stereocenters. The Morgan fingerprint density at radius 2 is 1.73 bits per heavy atom. The van der Waals surface area contributed by atoms with E-state index in [9.17, 15) is 9.59 Å². The van der Waals surface area contributed by atoms with Crippen LogP contribution in [0.1, 0.15) is 53.2 Å². The summed E-state index contributed by atoms with van der Waals surface area (Å²) in [5.74, 6) is 0.248. The number of benzene rings is 1. The summed E-state index contributed by atoms with van der Waals surface area (Å²) in [5, 5.41) is 2.83. The third-order valence-corrected chi connectivity index (χ3v) is 4.89. The lowest BCUT2D eigenvalue weighted by atomic mass is 9.99. The second kappa shape index (κ2) is 8.13. The highest BCUT2D eigenvalue weighted by atomic mass is 16.2. The van der Waals surface area contributed by atoms with Crippen LogP contribution in [0, 0.1) is 5.92 Å². The van der Waals surface area contributed by atoms with Crippen LogP contribution >= 0.6 is 0 Å². The molecular formula is C21H25N3O2. The molecule has 0 spiro atoms. The molecule has 0 atom stereocenters. The Kier molecular flexibility index (Phi) is 5.66. The maximum Gasteiger partial charge on any atom is 0.274 e. The van der Waals surface area contributed by atoms with E-state index in [0.717, 1.165) is 38.0 Å². The number of rotatable bonds is 4. The number of pyridine rings is 1. The van der Waals surface area contributed by atoms with Crippen molar-refractivity contribution in [2.45, 2.75) is 33.1 Å². The van der Waals surface area contributed by atoms with Crippen LogP contribution in [0.2, 0.25) is 0 Å². The van der Waals surface area contributed by atoms with Crippen molar-refractivity contribution in [3.8, 4) is 0 Å². The summed E-state index contributed by atoms with van der Waals surface area (Å²) in [5.41, 5.74) is 2.51. The van der Waals surface area contributed by atoms with Gasteiger partial charge in [0.25, 0.3) is 11.8 Å². The number of piperidine rings is 1. The standard InChI is InChI=1S/C21H25N3O2/c1-3-16-7-9-17(10-8-16)22-20(25)18-5-4-6-19(23-18)21(26)24-13-11-15(2)12-14-24/h4-10,15H,3,11-14H2,1-2H3,(H,22,25). The maximum absolute atomic E-state index is 12.6. The van der Waals surface area contributed by atoms with E-state index in [-0.39, 0.29) is 17.5 Å². The highest BCUT2D eigenvalue weighted by Crippen LogP contribution is 2.18. The molecule has 2 amide bonds. The fourth-order valence-corrected chi connectivity index (χ4v) is 3.07. The molecule has 2 heterocycles. The van der Waals surface area contributed by atoms with Gasteiger partial charge in [-0.15, -0.1) is 0 Å². The quantitative estimate of drug-likeness (QED) is 0.912. The summed E-state index contributed by atoms with van der Waals surface area (Å²) in [4.78, 5) is 31.2. The smallest absolute Gasteiger partial charge is 0.274 e. The van der Waals surface area contributed by atoms with Crippen LogP contribution in [-0.4, -0.2) is 34.8 Å². The molecule has 1 aromatic carbocycles. The Labute approximate surface area is 154 Å². The predicted molar refractivity (Wildman–Crippen MR) is 102 cm³/mol. The van der Waals surface area contributed by atoms with Gasteiger partial charge < -0.3 is 10.2 Å². The monoisotopic (exact) mass is 351 g/mol. The summed E-state index contributed by atoms with van der Waals surface area (Å²) in [7, 11) is 0. The molecule has 2 aromatic rings. The van der Waals surface area contributed by atoms with Gasteiger partial charge in [0.05, 0.1) is 0 Å². The zero-order chi connectivity index (χ0) is 18.5. The van der Waals surface area contributed by atoms with Gasteiger partial charge in [0, 0.05) is 18.8 Å². The van der Waals surface area contributed by atoms with Crippen molar-refractivity contribution in [1.82, 2.24) is 9.88 Å². The van der Waals surface area contributed by atoms with Crippen LogP contribution < -0.4 is 5.32 Å². The first-order valence-electron chi connectivity index (χ1n) is 9.23. The van der Waals surface area contributed by atoms with Gasteiger partial charge in [-0.3, -0.25) is 9.59 Å². The molecule has 1 saturated heterocycles. The van der Waals surface area contributed by atoms with Crippen molar-refractivity contribution in [3.05, 3.63) is 59.4 Å². The number of nitrogens with zero attached hydrogens (tertiary/aromatic N) is 2. The zero-order valence-corrected chi connectivity index (χ0v) is 15.4. The minimum Gasteiger partial charge on any atom is -0.337 e. The molecule has 1 fully saturated rings. The largest absolute Gasteiger partial charge is 0.337 e. The fourth-order valence-electron chi connectivity index (χ4n) is 3.07. The van der Waals surface area contributed by atoms with Crippen molar-refractivity contribution in [3.63, 3.8) is 0 Å². The second-order valence-electron chi connectivity index (χ2n) is 6.89. The number of nitrogens with one attached hydrogen (secondary N) is 1. The van der Waals surface area contributed by atoms with E-state index in [2.05, 4.69) is 24.1 Å². The van der Waals surface area contributed by atoms with Crippen molar-refractivity contribution in [1.29, 1.82) is 0 Å². The van der Waals surface area contributed by atoms with Gasteiger partial charge in [-0.1, -0.05) is 32.0 Å². The number of likely N-dealkylation sites (tertiary alicyclic amines) is 1. The van der Waals surface area contributed by atoms with Gasteiger partial charge in [-0.25, -0.2) is 4.98 Å². The van der Waals surface area contributed by atoms with E-state index < -0.39 is 0 Å². The number of amides is 2. The lowest BCUT2D eigenvalue weighted by molar-refractivity contribution is 0.0691. The number of aryl methyl sites for hydroxylation is 1. The maximum atomic E-state index is 12.6.